The number of likely N-dealkylation sites (tertiary alicyclic amines) is 1. The van der Waals surface area contributed by atoms with Crippen LogP contribution in [0.25, 0.3) is 0 Å². The Kier molecular flexibility index (Phi) is 4.22. The number of aromatic nitrogens is 2. The summed E-state index contributed by atoms with van der Waals surface area (Å²) >= 11 is 0. The summed E-state index contributed by atoms with van der Waals surface area (Å²) in [4.78, 5) is 14.7. The molecular weight excluding hydrogens is 288 g/mol. The molecule has 23 heavy (non-hydrogen) atoms. The molecule has 1 saturated heterocycles. The minimum Gasteiger partial charge on any atom is -0.335 e. The molecule has 2 aromatic rings. The van der Waals surface area contributed by atoms with E-state index in [1.165, 1.54) is 5.56 Å². The third kappa shape index (κ3) is 3.01. The molecule has 1 aromatic carbocycles. The normalized spacial score (nSPS) is 21.2. The van der Waals surface area contributed by atoms with Crippen molar-refractivity contribution in [3.63, 3.8) is 0 Å². The van der Waals surface area contributed by atoms with E-state index in [0.29, 0.717) is 24.7 Å². The van der Waals surface area contributed by atoms with Gasteiger partial charge in [-0.2, -0.15) is 5.10 Å². The second kappa shape index (κ2) is 6.16. The first-order chi connectivity index (χ1) is 11.0. The summed E-state index contributed by atoms with van der Waals surface area (Å²) in [7, 11) is 1.82. The molecule has 5 heteroatoms. The molecule has 5 nitrogen and oxygen atoms in total. The zero-order valence-corrected chi connectivity index (χ0v) is 13.9. The smallest absolute Gasteiger partial charge is 0.272 e. The standard InChI is InChI=1S/C18H24N4O/c1-12(2)16-9-17(21(3)20-16)18(23)22-10-14(15(19)11-22)13-7-5-4-6-8-13/h4-9,12,14-15H,10-11,19H2,1-3H3/t14-,15+/m0/s1. The average Bonchev–Trinajstić information content (AvgIpc) is 3.11. The zero-order chi connectivity index (χ0) is 16.6. The molecule has 0 radical (unpaired) electrons. The molecule has 1 aliphatic rings. The second-order valence-electron chi connectivity index (χ2n) is 6.62. The topological polar surface area (TPSA) is 64.2 Å². The maximum Gasteiger partial charge on any atom is 0.272 e. The Bertz CT molecular complexity index is 692. The van der Waals surface area contributed by atoms with Crippen LogP contribution in [-0.4, -0.2) is 39.7 Å². The van der Waals surface area contributed by atoms with E-state index < -0.39 is 0 Å². The van der Waals surface area contributed by atoms with E-state index in [2.05, 4.69) is 31.1 Å². The SMILES string of the molecule is CC(C)c1cc(C(=O)N2C[C@@H](N)[C@H](c3ccccc3)C2)n(C)n1. The Morgan fingerprint density at radius 3 is 2.57 bits per heavy atom. The van der Waals surface area contributed by atoms with Crippen LogP contribution in [0.5, 0.6) is 0 Å². The van der Waals surface area contributed by atoms with Crippen LogP contribution in [0.2, 0.25) is 0 Å². The minimum atomic E-state index is -0.0286. The molecule has 1 aliphatic heterocycles. The third-order valence-electron chi connectivity index (χ3n) is 4.59. The predicted molar refractivity (Wildman–Crippen MR) is 90.4 cm³/mol. The summed E-state index contributed by atoms with van der Waals surface area (Å²) in [6.07, 6.45) is 0. The van der Waals surface area contributed by atoms with Crippen LogP contribution in [0.3, 0.4) is 0 Å². The molecule has 3 rings (SSSR count). The van der Waals surface area contributed by atoms with Crippen LogP contribution in [0.15, 0.2) is 36.4 Å². The number of benzene rings is 1. The molecular formula is C18H24N4O. The quantitative estimate of drug-likeness (QED) is 0.944. The molecule has 0 bridgehead atoms. The molecule has 1 fully saturated rings. The zero-order valence-electron chi connectivity index (χ0n) is 13.9. The van der Waals surface area contributed by atoms with Gasteiger partial charge in [0.2, 0.25) is 0 Å². The van der Waals surface area contributed by atoms with E-state index >= 15 is 0 Å². The fourth-order valence-electron chi connectivity index (χ4n) is 3.18. The van der Waals surface area contributed by atoms with Gasteiger partial charge in [-0.05, 0) is 17.5 Å². The molecule has 2 heterocycles. The Morgan fingerprint density at radius 1 is 1.26 bits per heavy atom. The summed E-state index contributed by atoms with van der Waals surface area (Å²) in [5.74, 6) is 0.513. The maximum atomic E-state index is 12.8. The Morgan fingerprint density at radius 2 is 1.96 bits per heavy atom. The highest BCUT2D eigenvalue weighted by Gasteiger charge is 2.35. The van der Waals surface area contributed by atoms with Crippen molar-refractivity contribution in [2.24, 2.45) is 12.8 Å². The van der Waals surface area contributed by atoms with Crippen molar-refractivity contribution in [3.05, 3.63) is 53.3 Å². The van der Waals surface area contributed by atoms with Crippen LogP contribution in [0.1, 0.15) is 47.4 Å². The highest BCUT2D eigenvalue weighted by atomic mass is 16.2. The second-order valence-corrected chi connectivity index (χ2v) is 6.62. The maximum absolute atomic E-state index is 12.8. The van der Waals surface area contributed by atoms with E-state index in [1.807, 2.05) is 36.2 Å². The Hall–Kier alpha value is -2.14. The lowest BCUT2D eigenvalue weighted by atomic mass is 9.95. The Balaban J connectivity index is 1.79. The lowest BCUT2D eigenvalue weighted by molar-refractivity contribution is 0.0778. The van der Waals surface area contributed by atoms with Gasteiger partial charge in [0.05, 0.1) is 5.69 Å². The average molecular weight is 312 g/mol. The monoisotopic (exact) mass is 312 g/mol. The molecule has 122 valence electrons. The molecule has 0 unspecified atom stereocenters. The van der Waals surface area contributed by atoms with Crippen LogP contribution in [0.4, 0.5) is 0 Å². The highest BCUT2D eigenvalue weighted by molar-refractivity contribution is 5.93. The summed E-state index contributed by atoms with van der Waals surface area (Å²) in [5, 5.41) is 4.44. The van der Waals surface area contributed by atoms with Gasteiger partial charge in [-0.15, -0.1) is 0 Å². The van der Waals surface area contributed by atoms with Gasteiger partial charge in [0, 0.05) is 32.1 Å². The fourth-order valence-corrected chi connectivity index (χ4v) is 3.18. The van der Waals surface area contributed by atoms with E-state index in [1.54, 1.807) is 4.68 Å². The number of carbonyl (C=O) groups is 1. The van der Waals surface area contributed by atoms with Gasteiger partial charge in [-0.1, -0.05) is 44.2 Å². The van der Waals surface area contributed by atoms with Gasteiger partial charge in [0.25, 0.3) is 5.91 Å². The van der Waals surface area contributed by atoms with E-state index in [9.17, 15) is 4.79 Å². The van der Waals surface area contributed by atoms with Crippen molar-refractivity contribution in [3.8, 4) is 0 Å². The van der Waals surface area contributed by atoms with Gasteiger partial charge in [-0.3, -0.25) is 9.48 Å². The number of rotatable bonds is 3. The molecule has 1 amide bonds. The third-order valence-corrected chi connectivity index (χ3v) is 4.59. The number of hydrogen-bond donors (Lipinski definition) is 1. The summed E-state index contributed by atoms with van der Waals surface area (Å²) in [5.41, 5.74) is 9.07. The van der Waals surface area contributed by atoms with Crippen molar-refractivity contribution < 1.29 is 4.79 Å². The number of carbonyl (C=O) groups excluding carboxylic acids is 1. The van der Waals surface area contributed by atoms with Crippen molar-refractivity contribution in [1.82, 2.24) is 14.7 Å². The summed E-state index contributed by atoms with van der Waals surface area (Å²) < 4.78 is 1.68. The van der Waals surface area contributed by atoms with Gasteiger partial charge in [0.1, 0.15) is 5.69 Å². The minimum absolute atomic E-state index is 0.0146. The van der Waals surface area contributed by atoms with Gasteiger partial charge in [-0.25, -0.2) is 0 Å². The molecule has 0 saturated carbocycles. The molecule has 1 aromatic heterocycles. The van der Waals surface area contributed by atoms with Crippen LogP contribution >= 0.6 is 0 Å². The summed E-state index contributed by atoms with van der Waals surface area (Å²) in [6, 6.07) is 12.1. The Labute approximate surface area is 137 Å². The van der Waals surface area contributed by atoms with Crippen LogP contribution in [0, 0.1) is 0 Å². The first-order valence-electron chi connectivity index (χ1n) is 8.11. The first-order valence-corrected chi connectivity index (χ1v) is 8.11. The van der Waals surface area contributed by atoms with Crippen molar-refractivity contribution in [2.75, 3.05) is 13.1 Å². The summed E-state index contributed by atoms with van der Waals surface area (Å²) in [6.45, 7) is 5.40. The predicted octanol–water partition coefficient (Wildman–Crippen LogP) is 2.11. The number of aryl methyl sites for hydroxylation is 1. The van der Waals surface area contributed by atoms with Crippen molar-refractivity contribution in [2.45, 2.75) is 31.7 Å². The van der Waals surface area contributed by atoms with E-state index in [4.69, 9.17) is 5.73 Å². The fraction of sp³-hybridized carbons (Fsp3) is 0.444. The molecule has 0 spiro atoms. The first kappa shape index (κ1) is 15.7. The highest BCUT2D eigenvalue weighted by Crippen LogP contribution is 2.27. The van der Waals surface area contributed by atoms with Crippen molar-refractivity contribution >= 4 is 5.91 Å². The number of amides is 1. The van der Waals surface area contributed by atoms with Gasteiger partial charge in [0.15, 0.2) is 0 Å². The van der Waals surface area contributed by atoms with Gasteiger partial charge >= 0.3 is 0 Å². The van der Waals surface area contributed by atoms with E-state index in [-0.39, 0.29) is 17.9 Å². The lowest BCUT2D eigenvalue weighted by Crippen LogP contribution is -2.33. The molecule has 2 N–H and O–H groups in total. The van der Waals surface area contributed by atoms with Gasteiger partial charge < -0.3 is 10.6 Å². The lowest BCUT2D eigenvalue weighted by Gasteiger charge is -2.16. The molecule has 0 aliphatic carbocycles. The molecule has 2 atom stereocenters. The van der Waals surface area contributed by atoms with Crippen molar-refractivity contribution in [1.29, 1.82) is 0 Å². The number of nitrogens with zero attached hydrogens (tertiary/aromatic N) is 3. The van der Waals surface area contributed by atoms with Crippen LogP contribution < -0.4 is 5.73 Å². The van der Waals surface area contributed by atoms with E-state index in [0.717, 1.165) is 5.69 Å². The van der Waals surface area contributed by atoms with Crippen LogP contribution in [-0.2, 0) is 7.05 Å². The largest absolute Gasteiger partial charge is 0.335 e. The number of nitrogens with two attached hydrogens (primary N) is 1. The number of hydrogen-bond acceptors (Lipinski definition) is 3.